The molecule has 0 spiro atoms. The van der Waals surface area contributed by atoms with Crippen molar-refractivity contribution in [2.45, 2.75) is 0 Å². The first-order valence-electron chi connectivity index (χ1n) is 11.1. The van der Waals surface area contributed by atoms with Crippen LogP contribution in [0.4, 0.5) is 0 Å². The number of benzene rings is 5. The molecule has 0 unspecified atom stereocenters. The average Bonchev–Trinajstić information content (AvgIpc) is 3.16. The van der Waals surface area contributed by atoms with E-state index < -0.39 is 11.1 Å². The molecule has 1 aromatic heterocycles. The van der Waals surface area contributed by atoms with Gasteiger partial charge in [0.2, 0.25) is 0 Å². The number of nitrogens with zero attached hydrogens (tertiary/aromatic N) is 1. The summed E-state index contributed by atoms with van der Waals surface area (Å²) in [6, 6.07) is 29.0. The van der Waals surface area contributed by atoms with Gasteiger partial charge < -0.3 is 0 Å². The minimum atomic E-state index is -0.523. The molecule has 0 saturated heterocycles. The zero-order valence-corrected chi connectivity index (χ0v) is 18.4. The molecule has 0 saturated carbocycles. The van der Waals surface area contributed by atoms with Crippen molar-refractivity contribution in [1.29, 1.82) is 0 Å². The molecule has 0 amide bonds. The van der Waals surface area contributed by atoms with Crippen molar-refractivity contribution in [3.05, 3.63) is 144 Å². The van der Waals surface area contributed by atoms with Crippen LogP contribution in [0, 0.1) is 0 Å². The number of aromatic nitrogens is 1. The molecule has 35 heavy (non-hydrogen) atoms. The van der Waals surface area contributed by atoms with Gasteiger partial charge in [-0.3, -0.25) is 19.2 Å². The molecule has 0 aliphatic heterocycles. The van der Waals surface area contributed by atoms with Crippen LogP contribution in [0.15, 0.2) is 122 Å². The van der Waals surface area contributed by atoms with Crippen LogP contribution in [0.1, 0.15) is 0 Å². The summed E-state index contributed by atoms with van der Waals surface area (Å²) in [5.74, 6) is 0. The Morgan fingerprint density at radius 2 is 0.771 bits per heavy atom. The molecular weight excluding hydrogens is 438 g/mol. The number of hydrogen-bond donors (Lipinski definition) is 0. The molecule has 0 aliphatic rings. The molecular formula is C30H17NO4. The SMILES string of the molecule is O=c1ccc(=O)c2c(-c3ccccc3)c3c(=O)n(-c4ccccc4)c(=O)c3c(-c3ccccc3)c12. The van der Waals surface area contributed by atoms with Crippen LogP contribution in [-0.2, 0) is 0 Å². The van der Waals surface area contributed by atoms with Crippen LogP contribution >= 0.6 is 0 Å². The topological polar surface area (TPSA) is 73.2 Å². The van der Waals surface area contributed by atoms with Gasteiger partial charge >= 0.3 is 0 Å². The van der Waals surface area contributed by atoms with Gasteiger partial charge in [0.15, 0.2) is 10.9 Å². The molecule has 0 radical (unpaired) electrons. The lowest BCUT2D eigenvalue weighted by Gasteiger charge is -2.13. The van der Waals surface area contributed by atoms with Gasteiger partial charge in [-0.2, -0.15) is 0 Å². The van der Waals surface area contributed by atoms with E-state index >= 15 is 0 Å². The first-order chi connectivity index (χ1) is 17.1. The number of rotatable bonds is 3. The maximum absolute atomic E-state index is 14.0. The van der Waals surface area contributed by atoms with Gasteiger partial charge in [-0.25, -0.2) is 4.57 Å². The Bertz CT molecular complexity index is 1830. The maximum atomic E-state index is 14.0. The molecule has 6 rings (SSSR count). The highest BCUT2D eigenvalue weighted by molar-refractivity contribution is 6.21. The predicted molar refractivity (Wildman–Crippen MR) is 139 cm³/mol. The third-order valence-electron chi connectivity index (χ3n) is 6.35. The van der Waals surface area contributed by atoms with Gasteiger partial charge in [-0.05, 0) is 35.4 Å². The molecule has 0 N–H and O–H groups in total. The van der Waals surface area contributed by atoms with E-state index in [9.17, 15) is 19.2 Å². The Morgan fingerprint density at radius 1 is 0.400 bits per heavy atom. The van der Waals surface area contributed by atoms with Crippen molar-refractivity contribution in [2.24, 2.45) is 0 Å². The first kappa shape index (κ1) is 20.7. The van der Waals surface area contributed by atoms with E-state index in [4.69, 9.17) is 0 Å². The average molecular weight is 455 g/mol. The van der Waals surface area contributed by atoms with Crippen LogP contribution in [0.25, 0.3) is 49.5 Å². The van der Waals surface area contributed by atoms with Gasteiger partial charge in [0.1, 0.15) is 0 Å². The Morgan fingerprint density at radius 3 is 1.17 bits per heavy atom. The fourth-order valence-electron chi connectivity index (χ4n) is 4.90. The lowest BCUT2D eigenvalue weighted by Crippen LogP contribution is -2.23. The summed E-state index contributed by atoms with van der Waals surface area (Å²) < 4.78 is 1.12. The summed E-state index contributed by atoms with van der Waals surface area (Å²) in [5, 5.41) is 0.577. The Balaban J connectivity index is 2.00. The minimum absolute atomic E-state index is 0.138. The van der Waals surface area contributed by atoms with Crippen molar-refractivity contribution in [3.8, 4) is 27.9 Å². The van der Waals surface area contributed by atoms with Gasteiger partial charge in [0.25, 0.3) is 11.1 Å². The third-order valence-corrected chi connectivity index (χ3v) is 6.35. The van der Waals surface area contributed by atoms with Crippen molar-refractivity contribution in [3.63, 3.8) is 0 Å². The predicted octanol–water partition coefficient (Wildman–Crippen LogP) is 4.43. The molecule has 0 aliphatic carbocycles. The smallest absolute Gasteiger partial charge is 0.266 e. The van der Waals surface area contributed by atoms with Crippen LogP contribution in [0.2, 0.25) is 0 Å². The zero-order chi connectivity index (χ0) is 24.1. The second-order valence-corrected chi connectivity index (χ2v) is 8.33. The summed E-state index contributed by atoms with van der Waals surface area (Å²) in [6.07, 6.45) is 0. The third kappa shape index (κ3) is 3.02. The second kappa shape index (κ2) is 7.85. The second-order valence-electron chi connectivity index (χ2n) is 8.33. The lowest BCUT2D eigenvalue weighted by atomic mass is 9.87. The maximum Gasteiger partial charge on any atom is 0.266 e. The van der Waals surface area contributed by atoms with Gasteiger partial charge in [0, 0.05) is 21.9 Å². The summed E-state index contributed by atoms with van der Waals surface area (Å²) in [5.41, 5.74) is 0.428. The van der Waals surface area contributed by atoms with Crippen LogP contribution in [-0.4, -0.2) is 4.57 Å². The van der Waals surface area contributed by atoms with Gasteiger partial charge in [-0.1, -0.05) is 78.9 Å². The van der Waals surface area contributed by atoms with Crippen molar-refractivity contribution < 1.29 is 0 Å². The normalized spacial score (nSPS) is 11.3. The molecule has 5 nitrogen and oxygen atoms in total. The highest BCUT2D eigenvalue weighted by Gasteiger charge is 2.27. The molecule has 0 fully saturated rings. The monoisotopic (exact) mass is 455 g/mol. The molecule has 0 atom stereocenters. The fraction of sp³-hybridized carbons (Fsp3) is 0. The molecule has 6 aromatic rings. The van der Waals surface area contributed by atoms with Crippen molar-refractivity contribution in [2.75, 3.05) is 0 Å². The molecule has 166 valence electrons. The summed E-state index contributed by atoms with van der Waals surface area (Å²) in [4.78, 5) is 54.5. The molecule has 0 bridgehead atoms. The van der Waals surface area contributed by atoms with Gasteiger partial charge in [0.05, 0.1) is 16.5 Å². The highest BCUT2D eigenvalue weighted by atomic mass is 16.2. The van der Waals surface area contributed by atoms with E-state index in [-0.39, 0.29) is 32.4 Å². The number of fused-ring (bicyclic) bond motifs is 2. The highest BCUT2D eigenvalue weighted by Crippen LogP contribution is 2.39. The van der Waals surface area contributed by atoms with Crippen molar-refractivity contribution >= 4 is 21.5 Å². The van der Waals surface area contributed by atoms with E-state index in [1.54, 1.807) is 78.9 Å². The zero-order valence-electron chi connectivity index (χ0n) is 18.4. The van der Waals surface area contributed by atoms with Crippen LogP contribution in [0.3, 0.4) is 0 Å². The summed E-state index contributed by atoms with van der Waals surface area (Å²) in [7, 11) is 0. The van der Waals surface area contributed by atoms with E-state index in [2.05, 4.69) is 0 Å². The fourth-order valence-corrected chi connectivity index (χ4v) is 4.90. The Hall–Kier alpha value is -4.90. The number of para-hydroxylation sites is 1. The standard InChI is InChI=1S/C30H17NO4/c32-21-16-17-22(33)26-24(19-12-6-2-7-13-19)28-27(23(25(21)26)18-10-4-1-5-11-18)29(34)31(30(28)35)20-14-8-3-9-15-20/h1-17H. The Labute approximate surface area is 198 Å². The van der Waals surface area contributed by atoms with E-state index in [1.165, 1.54) is 12.1 Å². The summed E-state index contributed by atoms with van der Waals surface area (Å²) >= 11 is 0. The van der Waals surface area contributed by atoms with Gasteiger partial charge in [-0.15, -0.1) is 0 Å². The van der Waals surface area contributed by atoms with Crippen LogP contribution < -0.4 is 22.0 Å². The molecule has 5 heteroatoms. The molecule has 1 heterocycles. The summed E-state index contributed by atoms with van der Waals surface area (Å²) in [6.45, 7) is 0. The van der Waals surface area contributed by atoms with E-state index in [1.807, 2.05) is 12.1 Å². The van der Waals surface area contributed by atoms with E-state index in [0.717, 1.165) is 4.57 Å². The largest absolute Gasteiger partial charge is 0.289 e. The Kier molecular flexibility index (Phi) is 4.64. The lowest BCUT2D eigenvalue weighted by molar-refractivity contribution is 0.991. The minimum Gasteiger partial charge on any atom is -0.289 e. The number of hydrogen-bond acceptors (Lipinski definition) is 4. The van der Waals surface area contributed by atoms with E-state index in [0.29, 0.717) is 27.9 Å². The molecule has 5 aromatic carbocycles. The van der Waals surface area contributed by atoms with Crippen LogP contribution in [0.5, 0.6) is 0 Å². The van der Waals surface area contributed by atoms with Crippen molar-refractivity contribution in [1.82, 2.24) is 4.57 Å². The quantitative estimate of drug-likeness (QED) is 0.396. The first-order valence-corrected chi connectivity index (χ1v) is 11.1.